The normalized spacial score (nSPS) is 11.4. The molecule has 0 bridgehead atoms. The summed E-state index contributed by atoms with van der Waals surface area (Å²) in [5.41, 5.74) is 2.15. The molecule has 5 rings (SSSR count). The number of hydrogen-bond acceptors (Lipinski definition) is 5. The molecule has 0 aliphatic rings. The number of nitrogens with zero attached hydrogens (tertiary/aromatic N) is 3. The highest BCUT2D eigenvalue weighted by atomic mass is 16.5. The fraction of sp³-hybridized carbons (Fsp3) is 0.167. The number of aryl methyl sites for hydroxylation is 2. The smallest absolute Gasteiger partial charge is 0.302 e. The molecule has 0 atom stereocenters. The number of aromatic nitrogens is 1. The molecule has 0 fully saturated rings. The second-order valence-electron chi connectivity index (χ2n) is 8.70. The van der Waals surface area contributed by atoms with Gasteiger partial charge < -0.3 is 19.1 Å². The number of carbonyl (C=O) groups is 1. The number of aromatic hydroxyl groups is 1. The Morgan fingerprint density at radius 1 is 0.892 bits per heavy atom. The molecule has 0 aliphatic carbocycles. The average Bonchev–Trinajstić information content (AvgIpc) is 3.19. The van der Waals surface area contributed by atoms with Crippen LogP contribution in [0, 0.1) is 6.92 Å². The summed E-state index contributed by atoms with van der Waals surface area (Å²) in [5, 5.41) is 21.7. The zero-order chi connectivity index (χ0) is 25.6. The zero-order valence-corrected chi connectivity index (χ0v) is 20.5. The lowest BCUT2D eigenvalue weighted by molar-refractivity contribution is -0.120. The molecule has 1 N–H and O–H groups in total. The molecule has 1 aromatic heterocycles. The van der Waals surface area contributed by atoms with E-state index in [9.17, 15) is 9.90 Å². The molecule has 186 valence electrons. The highest BCUT2D eigenvalue weighted by molar-refractivity contribution is 5.95. The highest BCUT2D eigenvalue weighted by Crippen LogP contribution is 2.39. The van der Waals surface area contributed by atoms with Crippen molar-refractivity contribution in [3.8, 4) is 17.4 Å². The molecule has 0 saturated carbocycles. The van der Waals surface area contributed by atoms with Crippen LogP contribution in [-0.2, 0) is 11.3 Å². The van der Waals surface area contributed by atoms with Crippen molar-refractivity contribution in [2.24, 2.45) is 10.2 Å². The van der Waals surface area contributed by atoms with Crippen LogP contribution in [0.25, 0.3) is 21.7 Å². The van der Waals surface area contributed by atoms with E-state index in [1.807, 2.05) is 97.9 Å². The lowest BCUT2D eigenvalue weighted by Gasteiger charge is -2.10. The zero-order valence-electron chi connectivity index (χ0n) is 20.5. The molecule has 5 aromatic rings. The number of para-hydroxylation sites is 2. The third-order valence-electron chi connectivity index (χ3n) is 6.14. The van der Waals surface area contributed by atoms with Crippen LogP contribution in [-0.4, -0.2) is 28.8 Å². The molecular formula is C30H27N3O4. The highest BCUT2D eigenvalue weighted by Gasteiger charge is 2.17. The first-order valence-corrected chi connectivity index (χ1v) is 12.1. The van der Waals surface area contributed by atoms with E-state index in [2.05, 4.69) is 10.2 Å². The number of benzene rings is 4. The molecule has 0 saturated heterocycles. The maximum atomic E-state index is 12.4. The minimum absolute atomic E-state index is 0.0379. The van der Waals surface area contributed by atoms with Crippen LogP contribution in [0.4, 0.5) is 5.69 Å². The number of azo groups is 1. The molecule has 0 spiro atoms. The minimum atomic E-state index is -0.545. The lowest BCUT2D eigenvalue weighted by Crippen LogP contribution is -2.07. The Morgan fingerprint density at radius 3 is 2.51 bits per heavy atom. The molecule has 0 radical (unpaired) electrons. The van der Waals surface area contributed by atoms with E-state index in [0.717, 1.165) is 27.6 Å². The first-order valence-electron chi connectivity index (χ1n) is 12.1. The SMILES string of the molecule is Cc1ccccc1OCCCn1c(O)c(N=NC(=O)COc2ccc3ccccc3c2)c2ccccc21. The molecule has 1 amide bonds. The largest absolute Gasteiger partial charge is 0.493 e. The van der Waals surface area contributed by atoms with Crippen LogP contribution < -0.4 is 9.47 Å². The Hall–Kier alpha value is -4.65. The first-order chi connectivity index (χ1) is 18.1. The summed E-state index contributed by atoms with van der Waals surface area (Å²) in [5.74, 6) is 0.845. The van der Waals surface area contributed by atoms with Crippen LogP contribution in [0.5, 0.6) is 17.4 Å². The van der Waals surface area contributed by atoms with Gasteiger partial charge in [-0.15, -0.1) is 10.2 Å². The van der Waals surface area contributed by atoms with Gasteiger partial charge in [0.25, 0.3) is 0 Å². The summed E-state index contributed by atoms with van der Waals surface area (Å²) < 4.78 is 13.3. The Bertz CT molecular complexity index is 1590. The number of rotatable bonds is 9. The van der Waals surface area contributed by atoms with Crippen molar-refractivity contribution >= 4 is 33.3 Å². The second kappa shape index (κ2) is 11.0. The molecular weight excluding hydrogens is 466 g/mol. The molecule has 0 aliphatic heterocycles. The van der Waals surface area contributed by atoms with Crippen molar-refractivity contribution in [2.45, 2.75) is 19.9 Å². The van der Waals surface area contributed by atoms with Crippen molar-refractivity contribution < 1.29 is 19.4 Å². The van der Waals surface area contributed by atoms with Gasteiger partial charge in [-0.1, -0.05) is 66.7 Å². The maximum absolute atomic E-state index is 12.4. The van der Waals surface area contributed by atoms with Gasteiger partial charge in [0.05, 0.1) is 12.1 Å². The van der Waals surface area contributed by atoms with Crippen molar-refractivity contribution in [1.29, 1.82) is 0 Å². The van der Waals surface area contributed by atoms with Crippen LogP contribution >= 0.6 is 0 Å². The molecule has 7 nitrogen and oxygen atoms in total. The summed E-state index contributed by atoms with van der Waals surface area (Å²) in [6, 6.07) is 28.9. The Morgan fingerprint density at radius 2 is 1.65 bits per heavy atom. The number of carbonyl (C=O) groups excluding carboxylic acids is 1. The minimum Gasteiger partial charge on any atom is -0.493 e. The number of fused-ring (bicyclic) bond motifs is 2. The molecule has 7 heteroatoms. The quantitative estimate of drug-likeness (QED) is 0.178. The average molecular weight is 494 g/mol. The summed E-state index contributed by atoms with van der Waals surface area (Å²) >= 11 is 0. The standard InChI is InChI=1S/C30H27N3O4/c1-21-9-2-7-14-27(21)36-18-8-17-33-26-13-6-5-12-25(26)29(30(33)35)32-31-28(34)20-37-24-16-15-22-10-3-4-11-23(22)19-24/h2-7,9-16,19,35H,8,17-18,20H2,1H3. The van der Waals surface area contributed by atoms with E-state index in [4.69, 9.17) is 9.47 Å². The van der Waals surface area contributed by atoms with Gasteiger partial charge in [-0.2, -0.15) is 0 Å². The van der Waals surface area contributed by atoms with E-state index in [1.165, 1.54) is 0 Å². The van der Waals surface area contributed by atoms with Gasteiger partial charge in [-0.05, 0) is 53.9 Å². The van der Waals surface area contributed by atoms with Crippen molar-refractivity contribution in [2.75, 3.05) is 13.2 Å². The van der Waals surface area contributed by atoms with E-state index in [1.54, 1.807) is 4.57 Å². The predicted molar refractivity (Wildman–Crippen MR) is 144 cm³/mol. The van der Waals surface area contributed by atoms with Crippen molar-refractivity contribution in [3.63, 3.8) is 0 Å². The molecule has 37 heavy (non-hydrogen) atoms. The second-order valence-corrected chi connectivity index (χ2v) is 8.70. The van der Waals surface area contributed by atoms with Crippen LogP contribution in [0.1, 0.15) is 12.0 Å². The Kier molecular flexibility index (Phi) is 7.12. The fourth-order valence-corrected chi connectivity index (χ4v) is 4.26. The van der Waals surface area contributed by atoms with Gasteiger partial charge in [0.15, 0.2) is 12.3 Å². The van der Waals surface area contributed by atoms with Gasteiger partial charge >= 0.3 is 5.91 Å². The van der Waals surface area contributed by atoms with E-state index in [-0.39, 0.29) is 18.2 Å². The van der Waals surface area contributed by atoms with Gasteiger partial charge in [0.2, 0.25) is 5.88 Å². The third-order valence-corrected chi connectivity index (χ3v) is 6.14. The van der Waals surface area contributed by atoms with Crippen LogP contribution in [0.3, 0.4) is 0 Å². The summed E-state index contributed by atoms with van der Waals surface area (Å²) in [6.07, 6.45) is 0.676. The van der Waals surface area contributed by atoms with Crippen molar-refractivity contribution in [3.05, 3.63) is 96.6 Å². The van der Waals surface area contributed by atoms with Crippen LogP contribution in [0.2, 0.25) is 0 Å². The topological polar surface area (TPSA) is 85.4 Å². The van der Waals surface area contributed by atoms with Crippen LogP contribution in [0.15, 0.2) is 101 Å². The number of ether oxygens (including phenoxy) is 2. The first kappa shape index (κ1) is 24.1. The molecule has 0 unspecified atom stereocenters. The van der Waals surface area contributed by atoms with Crippen molar-refractivity contribution in [1.82, 2.24) is 4.57 Å². The summed E-state index contributed by atoms with van der Waals surface area (Å²) in [6.45, 7) is 2.77. The van der Waals surface area contributed by atoms with Gasteiger partial charge in [0.1, 0.15) is 11.5 Å². The van der Waals surface area contributed by atoms with Gasteiger partial charge in [-0.25, -0.2) is 0 Å². The number of hydrogen-bond donors (Lipinski definition) is 1. The number of amides is 1. The van der Waals surface area contributed by atoms with Gasteiger partial charge in [0, 0.05) is 11.9 Å². The van der Waals surface area contributed by atoms with E-state index < -0.39 is 5.91 Å². The predicted octanol–water partition coefficient (Wildman–Crippen LogP) is 6.97. The molecule has 4 aromatic carbocycles. The maximum Gasteiger partial charge on any atom is 0.302 e. The Labute approximate surface area is 214 Å². The fourth-order valence-electron chi connectivity index (χ4n) is 4.26. The van der Waals surface area contributed by atoms with E-state index in [0.29, 0.717) is 30.7 Å². The third kappa shape index (κ3) is 5.46. The van der Waals surface area contributed by atoms with Gasteiger partial charge in [-0.3, -0.25) is 4.79 Å². The summed E-state index contributed by atoms with van der Waals surface area (Å²) in [4.78, 5) is 12.4. The Balaban J connectivity index is 1.25. The van der Waals surface area contributed by atoms with E-state index >= 15 is 0 Å². The summed E-state index contributed by atoms with van der Waals surface area (Å²) in [7, 11) is 0. The monoisotopic (exact) mass is 493 g/mol. The lowest BCUT2D eigenvalue weighted by atomic mass is 10.1. The molecule has 1 heterocycles.